The number of hydrogen-bond acceptors (Lipinski definition) is 5. The summed E-state index contributed by atoms with van der Waals surface area (Å²) in [6, 6.07) is 4.35. The quantitative estimate of drug-likeness (QED) is 0.908. The van der Waals surface area contributed by atoms with Crippen molar-refractivity contribution in [2.75, 3.05) is 5.32 Å². The molecule has 0 atom stereocenters. The first-order valence-corrected chi connectivity index (χ1v) is 5.71. The van der Waals surface area contributed by atoms with Gasteiger partial charge < -0.3 is 11.1 Å². The van der Waals surface area contributed by atoms with Crippen LogP contribution in [0.5, 0.6) is 0 Å². The maximum Gasteiger partial charge on any atom is 0.416 e. The molecule has 0 spiro atoms. The smallest absolute Gasteiger partial charge is 0.364 e. The van der Waals surface area contributed by atoms with E-state index in [1.807, 2.05) is 0 Å². The first-order chi connectivity index (χ1) is 8.88. The molecule has 2 rings (SSSR count). The van der Waals surface area contributed by atoms with Crippen molar-refractivity contribution in [3.63, 3.8) is 0 Å². The van der Waals surface area contributed by atoms with Crippen LogP contribution in [-0.2, 0) is 6.18 Å². The molecule has 19 heavy (non-hydrogen) atoms. The fraction of sp³-hybridized carbons (Fsp3) is 0.100. The molecule has 0 aliphatic carbocycles. The van der Waals surface area contributed by atoms with Crippen LogP contribution in [0.15, 0.2) is 24.3 Å². The molecule has 1 aromatic heterocycles. The van der Waals surface area contributed by atoms with Crippen LogP contribution in [0, 0.1) is 0 Å². The number of aromatic nitrogens is 2. The van der Waals surface area contributed by atoms with Crippen LogP contribution in [0.1, 0.15) is 16.1 Å². The van der Waals surface area contributed by atoms with E-state index in [2.05, 4.69) is 14.9 Å². The zero-order valence-electron chi connectivity index (χ0n) is 9.23. The predicted molar refractivity (Wildman–Crippen MR) is 63.2 cm³/mol. The Morgan fingerprint density at radius 2 is 1.89 bits per heavy atom. The summed E-state index contributed by atoms with van der Waals surface area (Å²) in [6.45, 7) is 0. The Morgan fingerprint density at radius 3 is 2.42 bits per heavy atom. The van der Waals surface area contributed by atoms with Crippen molar-refractivity contribution in [2.24, 2.45) is 5.73 Å². The van der Waals surface area contributed by atoms with Gasteiger partial charge in [0.2, 0.25) is 0 Å². The maximum atomic E-state index is 12.4. The molecule has 100 valence electrons. The van der Waals surface area contributed by atoms with E-state index < -0.39 is 17.6 Å². The number of alkyl halides is 3. The molecule has 2 aromatic rings. The summed E-state index contributed by atoms with van der Waals surface area (Å²) in [5.74, 6) is -0.761. The topological polar surface area (TPSA) is 80.9 Å². The van der Waals surface area contributed by atoms with Gasteiger partial charge in [-0.3, -0.25) is 4.79 Å². The van der Waals surface area contributed by atoms with Crippen molar-refractivity contribution in [1.29, 1.82) is 0 Å². The minimum absolute atomic E-state index is 0.0510. The molecule has 0 aliphatic rings. The second-order valence-corrected chi connectivity index (χ2v) is 4.27. The predicted octanol–water partition coefficient (Wildman–Crippen LogP) is 2.40. The molecular weight excluding hydrogens is 281 g/mol. The highest BCUT2D eigenvalue weighted by Crippen LogP contribution is 2.31. The molecule has 0 saturated carbocycles. The second kappa shape index (κ2) is 4.84. The van der Waals surface area contributed by atoms with Crippen LogP contribution in [0.25, 0.3) is 0 Å². The van der Waals surface area contributed by atoms with Crippen LogP contribution in [0.3, 0.4) is 0 Å². The van der Waals surface area contributed by atoms with Gasteiger partial charge in [-0.2, -0.15) is 13.2 Å². The van der Waals surface area contributed by atoms with Gasteiger partial charge in [-0.25, -0.2) is 0 Å². The summed E-state index contributed by atoms with van der Waals surface area (Å²) in [6.07, 6.45) is -4.39. The van der Waals surface area contributed by atoms with Gasteiger partial charge in [-0.05, 0) is 24.3 Å². The van der Waals surface area contributed by atoms with Gasteiger partial charge >= 0.3 is 6.18 Å². The maximum absolute atomic E-state index is 12.4. The molecule has 1 heterocycles. The third kappa shape index (κ3) is 2.99. The van der Waals surface area contributed by atoms with Crippen molar-refractivity contribution in [3.05, 3.63) is 35.5 Å². The van der Waals surface area contributed by atoms with Gasteiger partial charge in [0.05, 0.1) is 5.56 Å². The lowest BCUT2D eigenvalue weighted by atomic mass is 10.2. The lowest BCUT2D eigenvalue weighted by Crippen LogP contribution is -2.13. The Bertz CT molecular complexity index is 594. The number of primary amides is 1. The molecule has 0 fully saturated rings. The molecule has 9 heteroatoms. The van der Waals surface area contributed by atoms with E-state index in [1.165, 1.54) is 12.1 Å². The number of hydrogen-bond donors (Lipinski definition) is 2. The fourth-order valence-corrected chi connectivity index (χ4v) is 1.90. The van der Waals surface area contributed by atoms with E-state index >= 15 is 0 Å². The Labute approximate surface area is 109 Å². The average molecular weight is 288 g/mol. The number of anilines is 2. The van der Waals surface area contributed by atoms with Crippen LogP contribution >= 0.6 is 11.5 Å². The molecule has 1 aromatic carbocycles. The van der Waals surface area contributed by atoms with E-state index in [1.54, 1.807) is 0 Å². The average Bonchev–Trinajstić information content (AvgIpc) is 2.77. The molecule has 0 bridgehead atoms. The van der Waals surface area contributed by atoms with Crippen LogP contribution in [0.4, 0.5) is 23.9 Å². The molecule has 3 N–H and O–H groups in total. The molecular formula is C10H7F3N4OS. The van der Waals surface area contributed by atoms with Gasteiger partial charge in [0.1, 0.15) is 5.00 Å². The lowest BCUT2D eigenvalue weighted by molar-refractivity contribution is -0.137. The van der Waals surface area contributed by atoms with Gasteiger partial charge in [0.15, 0.2) is 5.69 Å². The van der Waals surface area contributed by atoms with E-state index in [-0.39, 0.29) is 10.7 Å². The van der Waals surface area contributed by atoms with Gasteiger partial charge in [-0.1, -0.05) is 4.49 Å². The first-order valence-electron chi connectivity index (χ1n) is 4.94. The van der Waals surface area contributed by atoms with Crippen molar-refractivity contribution in [3.8, 4) is 0 Å². The lowest BCUT2D eigenvalue weighted by Gasteiger charge is -2.08. The molecule has 5 nitrogen and oxygen atoms in total. The van der Waals surface area contributed by atoms with E-state index in [0.29, 0.717) is 5.69 Å². The minimum Gasteiger partial charge on any atom is -0.364 e. The number of nitrogens with one attached hydrogen (secondary N) is 1. The number of carbonyl (C=O) groups excluding carboxylic acids is 1. The highest BCUT2D eigenvalue weighted by Gasteiger charge is 2.30. The van der Waals surface area contributed by atoms with Crippen molar-refractivity contribution in [1.82, 2.24) is 9.59 Å². The highest BCUT2D eigenvalue weighted by molar-refractivity contribution is 7.10. The number of halogens is 3. The summed E-state index contributed by atoms with van der Waals surface area (Å²) in [5, 5.41) is 6.54. The third-order valence-electron chi connectivity index (χ3n) is 2.19. The monoisotopic (exact) mass is 288 g/mol. The summed E-state index contributed by atoms with van der Waals surface area (Å²) in [7, 11) is 0. The van der Waals surface area contributed by atoms with Crippen molar-refractivity contribution >= 4 is 28.1 Å². The van der Waals surface area contributed by atoms with E-state index in [0.717, 1.165) is 23.7 Å². The van der Waals surface area contributed by atoms with Crippen LogP contribution < -0.4 is 11.1 Å². The minimum atomic E-state index is -4.39. The second-order valence-electron chi connectivity index (χ2n) is 3.52. The summed E-state index contributed by atoms with van der Waals surface area (Å²) >= 11 is 0.887. The first kappa shape index (κ1) is 13.3. The highest BCUT2D eigenvalue weighted by atomic mass is 32.1. The number of rotatable bonds is 3. The fourth-order valence-electron chi connectivity index (χ4n) is 1.31. The number of nitrogens with zero attached hydrogens (tertiary/aromatic N) is 2. The molecule has 0 aliphatic heterocycles. The summed E-state index contributed by atoms with van der Waals surface area (Å²) in [5.41, 5.74) is 4.64. The molecule has 0 unspecified atom stereocenters. The molecule has 1 amide bonds. The summed E-state index contributed by atoms with van der Waals surface area (Å²) < 4.78 is 40.6. The Balaban J connectivity index is 2.20. The number of amides is 1. The van der Waals surface area contributed by atoms with Crippen LogP contribution in [-0.4, -0.2) is 15.5 Å². The SMILES string of the molecule is NC(=O)c1nnsc1Nc1ccc(C(F)(F)F)cc1. The normalized spacial score (nSPS) is 11.3. The van der Waals surface area contributed by atoms with Crippen molar-refractivity contribution < 1.29 is 18.0 Å². The Kier molecular flexibility index (Phi) is 3.38. The Hall–Kier alpha value is -2.16. The number of benzene rings is 1. The molecule has 0 saturated heterocycles. The van der Waals surface area contributed by atoms with Gasteiger partial charge in [0.25, 0.3) is 5.91 Å². The number of nitrogens with two attached hydrogens (primary N) is 1. The van der Waals surface area contributed by atoms with Gasteiger partial charge in [0, 0.05) is 17.2 Å². The Morgan fingerprint density at radius 1 is 1.26 bits per heavy atom. The zero-order valence-corrected chi connectivity index (χ0v) is 10.0. The van der Waals surface area contributed by atoms with Crippen molar-refractivity contribution in [2.45, 2.75) is 6.18 Å². The standard InChI is InChI=1S/C10H7F3N4OS/c11-10(12,13)5-1-3-6(4-2-5)15-9-7(8(14)18)16-17-19-9/h1-4,15H,(H2,14,18). The van der Waals surface area contributed by atoms with E-state index in [9.17, 15) is 18.0 Å². The number of carbonyl (C=O) groups is 1. The van der Waals surface area contributed by atoms with Crippen LogP contribution in [0.2, 0.25) is 0 Å². The largest absolute Gasteiger partial charge is 0.416 e. The molecule has 0 radical (unpaired) electrons. The zero-order chi connectivity index (χ0) is 14.0. The van der Waals surface area contributed by atoms with E-state index in [4.69, 9.17) is 5.73 Å². The van der Waals surface area contributed by atoms with Gasteiger partial charge in [-0.15, -0.1) is 5.10 Å². The summed E-state index contributed by atoms with van der Waals surface area (Å²) in [4.78, 5) is 11.0. The third-order valence-corrected chi connectivity index (χ3v) is 2.83.